The second-order valence-electron chi connectivity index (χ2n) is 6.94. The summed E-state index contributed by atoms with van der Waals surface area (Å²) in [6, 6.07) is 11.1. The van der Waals surface area contributed by atoms with Crippen LogP contribution in [0.15, 0.2) is 47.5 Å². The number of piperidine rings is 1. The van der Waals surface area contributed by atoms with E-state index in [1.165, 1.54) is 0 Å². The summed E-state index contributed by atoms with van der Waals surface area (Å²) in [6.07, 6.45) is 3.66. The lowest BCUT2D eigenvalue weighted by atomic mass is 9.99. The van der Waals surface area contributed by atoms with Gasteiger partial charge < -0.3 is 0 Å². The number of fused-ring (bicyclic) bond motifs is 1. The monoisotopic (exact) mass is 370 g/mol. The van der Waals surface area contributed by atoms with E-state index in [2.05, 4.69) is 10.2 Å². The van der Waals surface area contributed by atoms with Gasteiger partial charge in [0.15, 0.2) is 5.65 Å². The van der Waals surface area contributed by atoms with Gasteiger partial charge >= 0.3 is 0 Å². The molecule has 0 spiro atoms. The summed E-state index contributed by atoms with van der Waals surface area (Å²) < 4.78 is 29.8. The third-order valence-electron chi connectivity index (χ3n) is 5.21. The molecule has 0 radical (unpaired) electrons. The average molecular weight is 370 g/mol. The number of pyridine rings is 1. The smallest absolute Gasteiger partial charge is 0.243 e. The van der Waals surface area contributed by atoms with E-state index in [1.54, 1.807) is 16.4 Å². The largest absolute Gasteiger partial charge is 0.286 e. The van der Waals surface area contributed by atoms with E-state index < -0.39 is 10.0 Å². The van der Waals surface area contributed by atoms with Crippen molar-refractivity contribution in [3.63, 3.8) is 0 Å². The molecule has 1 saturated heterocycles. The molecular weight excluding hydrogens is 348 g/mol. The molecule has 1 aromatic carbocycles. The first-order valence-corrected chi connectivity index (χ1v) is 10.3. The van der Waals surface area contributed by atoms with Gasteiger partial charge in [0.25, 0.3) is 0 Å². The van der Waals surface area contributed by atoms with Crippen molar-refractivity contribution >= 4 is 15.7 Å². The van der Waals surface area contributed by atoms with Crippen molar-refractivity contribution in [3.05, 3.63) is 59.5 Å². The molecule has 2 aromatic heterocycles. The van der Waals surface area contributed by atoms with Crippen LogP contribution in [0.3, 0.4) is 0 Å². The summed E-state index contributed by atoms with van der Waals surface area (Å²) in [7, 11) is -3.50. The topological polar surface area (TPSA) is 67.6 Å². The number of aromatic nitrogens is 3. The third kappa shape index (κ3) is 2.91. The maximum Gasteiger partial charge on any atom is 0.243 e. The van der Waals surface area contributed by atoms with Gasteiger partial charge in [-0.2, -0.15) is 4.31 Å². The van der Waals surface area contributed by atoms with Crippen molar-refractivity contribution in [1.29, 1.82) is 0 Å². The van der Waals surface area contributed by atoms with Crippen LogP contribution in [0.25, 0.3) is 5.65 Å². The Hall–Kier alpha value is -2.25. The Kier molecular flexibility index (Phi) is 4.28. The Balaban J connectivity index is 1.65. The van der Waals surface area contributed by atoms with Crippen LogP contribution in [0, 0.1) is 13.8 Å². The summed E-state index contributed by atoms with van der Waals surface area (Å²) in [4.78, 5) is 0.368. The van der Waals surface area contributed by atoms with Crippen molar-refractivity contribution < 1.29 is 8.42 Å². The van der Waals surface area contributed by atoms with E-state index in [4.69, 9.17) is 0 Å². The lowest BCUT2D eigenvalue weighted by Gasteiger charge is -2.31. The first-order valence-electron chi connectivity index (χ1n) is 8.84. The van der Waals surface area contributed by atoms with Gasteiger partial charge in [-0.15, -0.1) is 10.2 Å². The van der Waals surface area contributed by atoms with Crippen LogP contribution >= 0.6 is 0 Å². The number of nitrogens with zero attached hydrogens (tertiary/aromatic N) is 4. The third-order valence-corrected chi connectivity index (χ3v) is 7.07. The molecule has 26 heavy (non-hydrogen) atoms. The van der Waals surface area contributed by atoms with Gasteiger partial charge in [0, 0.05) is 25.2 Å². The summed E-state index contributed by atoms with van der Waals surface area (Å²) >= 11 is 0. The van der Waals surface area contributed by atoms with Gasteiger partial charge in [-0.25, -0.2) is 8.42 Å². The molecule has 3 heterocycles. The van der Waals surface area contributed by atoms with Crippen LogP contribution in [-0.4, -0.2) is 40.4 Å². The fourth-order valence-corrected chi connectivity index (χ4v) is 5.14. The highest BCUT2D eigenvalue weighted by molar-refractivity contribution is 7.89. The molecule has 0 unspecified atom stereocenters. The van der Waals surface area contributed by atoms with E-state index in [-0.39, 0.29) is 5.92 Å². The first-order chi connectivity index (χ1) is 12.5. The van der Waals surface area contributed by atoms with E-state index >= 15 is 0 Å². The summed E-state index contributed by atoms with van der Waals surface area (Å²) in [5.41, 5.74) is 2.87. The Bertz CT molecular complexity index is 1060. The Morgan fingerprint density at radius 3 is 2.73 bits per heavy atom. The maximum absolute atomic E-state index is 13.1. The fourth-order valence-electron chi connectivity index (χ4n) is 3.53. The number of sulfonamides is 1. The van der Waals surface area contributed by atoms with Crippen LogP contribution in [0.1, 0.15) is 35.7 Å². The first kappa shape index (κ1) is 17.2. The van der Waals surface area contributed by atoms with Crippen molar-refractivity contribution in [1.82, 2.24) is 18.9 Å². The minimum Gasteiger partial charge on any atom is -0.286 e. The van der Waals surface area contributed by atoms with Gasteiger partial charge in [0.05, 0.1) is 4.90 Å². The lowest BCUT2D eigenvalue weighted by molar-refractivity contribution is 0.308. The predicted octanol–water partition coefficient (Wildman–Crippen LogP) is 2.91. The molecule has 136 valence electrons. The Morgan fingerprint density at radius 2 is 1.92 bits per heavy atom. The number of aryl methyl sites for hydroxylation is 2. The van der Waals surface area contributed by atoms with Crippen molar-refractivity contribution in [2.45, 2.75) is 37.5 Å². The average Bonchev–Trinajstić information content (AvgIpc) is 3.08. The molecule has 3 aromatic rings. The standard InChI is InChI=1S/C19H22N4O2S/c1-14-8-9-17(12-15(14)2)26(24,25)22-10-5-6-16(13-22)19-21-20-18-7-3-4-11-23(18)19/h3-4,7-9,11-12,16H,5-6,10,13H2,1-2H3/t16-/m0/s1. The van der Waals surface area contributed by atoms with Crippen LogP contribution in [0.5, 0.6) is 0 Å². The van der Waals surface area contributed by atoms with E-state index in [0.29, 0.717) is 18.0 Å². The van der Waals surface area contributed by atoms with Crippen LogP contribution in [0.2, 0.25) is 0 Å². The number of rotatable bonds is 3. The van der Waals surface area contributed by atoms with Crippen molar-refractivity contribution in [2.24, 2.45) is 0 Å². The molecular formula is C19H22N4O2S. The number of hydrogen-bond acceptors (Lipinski definition) is 4. The maximum atomic E-state index is 13.1. The Labute approximate surface area is 153 Å². The molecule has 0 saturated carbocycles. The van der Waals surface area contributed by atoms with Crippen LogP contribution in [0.4, 0.5) is 0 Å². The van der Waals surface area contributed by atoms with Crippen LogP contribution in [-0.2, 0) is 10.0 Å². The molecule has 1 atom stereocenters. The highest BCUT2D eigenvalue weighted by Crippen LogP contribution is 2.30. The molecule has 1 fully saturated rings. The summed E-state index contributed by atoms with van der Waals surface area (Å²) in [5, 5.41) is 8.53. The number of hydrogen-bond donors (Lipinski definition) is 0. The van der Waals surface area contributed by atoms with Crippen molar-refractivity contribution in [2.75, 3.05) is 13.1 Å². The summed E-state index contributed by atoms with van der Waals surface area (Å²) in [5.74, 6) is 0.878. The lowest BCUT2D eigenvalue weighted by Crippen LogP contribution is -2.39. The molecule has 1 aliphatic heterocycles. The minimum atomic E-state index is -3.50. The fraction of sp³-hybridized carbons (Fsp3) is 0.368. The highest BCUT2D eigenvalue weighted by atomic mass is 32.2. The number of benzene rings is 1. The van der Waals surface area contributed by atoms with Crippen LogP contribution < -0.4 is 0 Å². The molecule has 0 amide bonds. The molecule has 0 bridgehead atoms. The Morgan fingerprint density at radius 1 is 1.08 bits per heavy atom. The molecule has 0 aliphatic carbocycles. The highest BCUT2D eigenvalue weighted by Gasteiger charge is 2.32. The second-order valence-corrected chi connectivity index (χ2v) is 8.87. The normalized spacial score (nSPS) is 19.1. The quantitative estimate of drug-likeness (QED) is 0.711. The zero-order chi connectivity index (χ0) is 18.3. The van der Waals surface area contributed by atoms with Gasteiger partial charge in [-0.3, -0.25) is 4.40 Å². The zero-order valence-corrected chi connectivity index (χ0v) is 15.8. The zero-order valence-electron chi connectivity index (χ0n) is 15.0. The van der Waals surface area contributed by atoms with E-state index in [0.717, 1.165) is 35.4 Å². The van der Waals surface area contributed by atoms with Crippen molar-refractivity contribution in [3.8, 4) is 0 Å². The molecule has 6 nitrogen and oxygen atoms in total. The van der Waals surface area contributed by atoms with Gasteiger partial charge in [0.1, 0.15) is 5.82 Å². The van der Waals surface area contributed by atoms with Gasteiger partial charge in [-0.1, -0.05) is 12.1 Å². The second kappa shape index (κ2) is 6.48. The van der Waals surface area contributed by atoms with Gasteiger partial charge in [-0.05, 0) is 62.1 Å². The summed E-state index contributed by atoms with van der Waals surface area (Å²) in [6.45, 7) is 4.90. The molecule has 7 heteroatoms. The molecule has 0 N–H and O–H groups in total. The van der Waals surface area contributed by atoms with E-state index in [1.807, 2.05) is 48.7 Å². The molecule has 4 rings (SSSR count). The minimum absolute atomic E-state index is 0.0440. The SMILES string of the molecule is Cc1ccc(S(=O)(=O)N2CCC[C@H](c3nnc4ccccn34)C2)cc1C. The predicted molar refractivity (Wildman–Crippen MR) is 99.6 cm³/mol. The van der Waals surface area contributed by atoms with Gasteiger partial charge in [0.2, 0.25) is 10.0 Å². The van der Waals surface area contributed by atoms with E-state index in [9.17, 15) is 8.42 Å². The molecule has 1 aliphatic rings.